The van der Waals surface area contributed by atoms with Crippen molar-refractivity contribution in [3.05, 3.63) is 0 Å². The van der Waals surface area contributed by atoms with Gasteiger partial charge in [-0.25, -0.2) is 0 Å². The van der Waals surface area contributed by atoms with Crippen LogP contribution in [0.15, 0.2) is 0 Å². The molecule has 2 unspecified atom stereocenters. The standard InChI is InChI=1S/C13H25NOS/c1-10-8-13(2,3)9-12(10)14-11-4-6-16(15)7-5-11/h10-12,14H,4-9H2,1-3H3. The molecule has 1 heterocycles. The molecule has 1 saturated carbocycles. The minimum atomic E-state index is -0.528. The Hall–Kier alpha value is 0.110. The summed E-state index contributed by atoms with van der Waals surface area (Å²) < 4.78 is 11.3. The van der Waals surface area contributed by atoms with E-state index in [1.165, 1.54) is 12.8 Å². The highest BCUT2D eigenvalue weighted by Gasteiger charge is 2.37. The number of nitrogens with one attached hydrogen (secondary N) is 1. The van der Waals surface area contributed by atoms with Gasteiger partial charge in [-0.2, -0.15) is 0 Å². The Labute approximate surface area is 102 Å². The fourth-order valence-electron chi connectivity index (χ4n) is 3.38. The maximum absolute atomic E-state index is 11.3. The first-order valence-corrected chi connectivity index (χ1v) is 8.06. The Bertz CT molecular complexity index is 267. The smallest absolute Gasteiger partial charge is 0.0249 e. The molecular weight excluding hydrogens is 218 g/mol. The van der Waals surface area contributed by atoms with Crippen LogP contribution in [-0.2, 0) is 10.8 Å². The highest BCUT2D eigenvalue weighted by molar-refractivity contribution is 7.85. The molecule has 2 rings (SSSR count). The van der Waals surface area contributed by atoms with Gasteiger partial charge in [0.1, 0.15) is 0 Å². The van der Waals surface area contributed by atoms with E-state index in [1.54, 1.807) is 0 Å². The van der Waals surface area contributed by atoms with Crippen molar-refractivity contribution in [2.24, 2.45) is 11.3 Å². The third-order valence-electron chi connectivity index (χ3n) is 4.17. The van der Waals surface area contributed by atoms with Crippen LogP contribution in [0.2, 0.25) is 0 Å². The SMILES string of the molecule is CC1CC(C)(C)CC1NC1CCS(=O)CC1. The summed E-state index contributed by atoms with van der Waals surface area (Å²) in [6.07, 6.45) is 4.85. The van der Waals surface area contributed by atoms with Crippen molar-refractivity contribution in [3.63, 3.8) is 0 Å². The van der Waals surface area contributed by atoms with E-state index in [9.17, 15) is 4.21 Å². The molecule has 3 heteroatoms. The lowest BCUT2D eigenvalue weighted by atomic mass is 9.91. The second-order valence-electron chi connectivity index (χ2n) is 6.45. The first-order chi connectivity index (χ1) is 7.46. The third kappa shape index (κ3) is 3.07. The van der Waals surface area contributed by atoms with Crippen molar-refractivity contribution in [1.29, 1.82) is 0 Å². The quantitative estimate of drug-likeness (QED) is 0.806. The molecule has 2 nitrogen and oxygen atoms in total. The molecule has 94 valence electrons. The fraction of sp³-hybridized carbons (Fsp3) is 1.00. The molecule has 1 N–H and O–H groups in total. The van der Waals surface area contributed by atoms with Crippen LogP contribution in [0.5, 0.6) is 0 Å². The summed E-state index contributed by atoms with van der Waals surface area (Å²) in [6.45, 7) is 7.12. The maximum atomic E-state index is 11.3. The summed E-state index contributed by atoms with van der Waals surface area (Å²) in [6, 6.07) is 1.31. The van der Waals surface area contributed by atoms with E-state index >= 15 is 0 Å². The second kappa shape index (κ2) is 4.77. The Morgan fingerprint density at radius 1 is 1.19 bits per heavy atom. The second-order valence-corrected chi connectivity index (χ2v) is 8.14. The molecule has 0 aromatic rings. The third-order valence-corrected chi connectivity index (χ3v) is 5.55. The maximum Gasteiger partial charge on any atom is 0.0249 e. The lowest BCUT2D eigenvalue weighted by molar-refractivity contribution is 0.341. The van der Waals surface area contributed by atoms with Crippen LogP contribution in [-0.4, -0.2) is 27.8 Å². The van der Waals surface area contributed by atoms with Crippen molar-refractivity contribution in [2.75, 3.05) is 11.5 Å². The minimum Gasteiger partial charge on any atom is -0.311 e. The summed E-state index contributed by atoms with van der Waals surface area (Å²) in [5.41, 5.74) is 0.509. The molecule has 0 aromatic heterocycles. The molecule has 2 fully saturated rings. The molecule has 0 amide bonds. The lowest BCUT2D eigenvalue weighted by Crippen LogP contribution is -2.43. The van der Waals surface area contributed by atoms with E-state index in [-0.39, 0.29) is 0 Å². The summed E-state index contributed by atoms with van der Waals surface area (Å²) in [5, 5.41) is 3.81. The molecule has 0 bridgehead atoms. The van der Waals surface area contributed by atoms with Crippen LogP contribution in [0.4, 0.5) is 0 Å². The van der Waals surface area contributed by atoms with E-state index in [1.807, 2.05) is 0 Å². The zero-order chi connectivity index (χ0) is 11.8. The molecule has 16 heavy (non-hydrogen) atoms. The first-order valence-electron chi connectivity index (χ1n) is 6.57. The van der Waals surface area contributed by atoms with Gasteiger partial charge in [0.15, 0.2) is 0 Å². The molecule has 1 aliphatic carbocycles. The van der Waals surface area contributed by atoms with Gasteiger partial charge >= 0.3 is 0 Å². The zero-order valence-electron chi connectivity index (χ0n) is 10.8. The normalized spacial score (nSPS) is 43.4. The number of rotatable bonds is 2. The van der Waals surface area contributed by atoms with Crippen molar-refractivity contribution in [3.8, 4) is 0 Å². The Balaban J connectivity index is 1.84. The van der Waals surface area contributed by atoms with E-state index in [0.29, 0.717) is 17.5 Å². The number of hydrogen-bond donors (Lipinski definition) is 1. The van der Waals surface area contributed by atoms with E-state index in [0.717, 1.165) is 30.3 Å². The molecule has 0 spiro atoms. The molecule has 1 saturated heterocycles. The summed E-state index contributed by atoms with van der Waals surface area (Å²) in [5.74, 6) is 2.60. The van der Waals surface area contributed by atoms with E-state index in [2.05, 4.69) is 26.1 Å². The summed E-state index contributed by atoms with van der Waals surface area (Å²) in [4.78, 5) is 0. The Morgan fingerprint density at radius 3 is 2.31 bits per heavy atom. The summed E-state index contributed by atoms with van der Waals surface area (Å²) >= 11 is 0. The molecule has 2 atom stereocenters. The van der Waals surface area contributed by atoms with Gasteiger partial charge in [0.05, 0.1) is 0 Å². The van der Waals surface area contributed by atoms with Crippen LogP contribution < -0.4 is 5.32 Å². The monoisotopic (exact) mass is 243 g/mol. The number of hydrogen-bond acceptors (Lipinski definition) is 2. The minimum absolute atomic E-state index is 0.509. The van der Waals surface area contributed by atoms with Gasteiger partial charge in [-0.3, -0.25) is 4.21 Å². The summed E-state index contributed by atoms with van der Waals surface area (Å²) in [7, 11) is -0.528. The van der Waals surface area contributed by atoms with E-state index < -0.39 is 10.8 Å². The van der Waals surface area contributed by atoms with Gasteiger partial charge < -0.3 is 5.32 Å². The molecule has 1 aliphatic heterocycles. The fourth-order valence-corrected chi connectivity index (χ4v) is 4.68. The van der Waals surface area contributed by atoms with Crippen molar-refractivity contribution in [2.45, 2.75) is 58.5 Å². The van der Waals surface area contributed by atoms with Gasteiger partial charge in [0.2, 0.25) is 0 Å². The van der Waals surface area contributed by atoms with Crippen LogP contribution in [0.25, 0.3) is 0 Å². The average molecular weight is 243 g/mol. The van der Waals surface area contributed by atoms with Gasteiger partial charge in [0.25, 0.3) is 0 Å². The van der Waals surface area contributed by atoms with Crippen LogP contribution in [0.1, 0.15) is 46.5 Å². The zero-order valence-corrected chi connectivity index (χ0v) is 11.6. The van der Waals surface area contributed by atoms with Crippen LogP contribution >= 0.6 is 0 Å². The Kier molecular flexibility index (Phi) is 3.75. The van der Waals surface area contributed by atoms with Gasteiger partial charge in [-0.1, -0.05) is 20.8 Å². The van der Waals surface area contributed by atoms with Crippen molar-refractivity contribution >= 4 is 10.8 Å². The molecular formula is C13H25NOS. The van der Waals surface area contributed by atoms with Crippen molar-refractivity contribution in [1.82, 2.24) is 5.32 Å². The molecule has 0 radical (unpaired) electrons. The first kappa shape index (κ1) is 12.6. The highest BCUT2D eigenvalue weighted by atomic mass is 32.2. The molecule has 2 aliphatic rings. The van der Waals surface area contributed by atoms with Crippen LogP contribution in [0.3, 0.4) is 0 Å². The predicted octanol–water partition coefficient (Wildman–Crippen LogP) is 2.31. The van der Waals surface area contributed by atoms with Gasteiger partial charge in [-0.05, 0) is 37.0 Å². The van der Waals surface area contributed by atoms with Gasteiger partial charge in [-0.15, -0.1) is 0 Å². The lowest BCUT2D eigenvalue weighted by Gasteiger charge is -2.28. The van der Waals surface area contributed by atoms with Gasteiger partial charge in [0, 0.05) is 34.4 Å². The predicted molar refractivity (Wildman–Crippen MR) is 70.0 cm³/mol. The average Bonchev–Trinajstić information content (AvgIpc) is 2.44. The highest BCUT2D eigenvalue weighted by Crippen LogP contribution is 2.41. The van der Waals surface area contributed by atoms with Crippen LogP contribution in [0, 0.1) is 11.3 Å². The topological polar surface area (TPSA) is 29.1 Å². The van der Waals surface area contributed by atoms with Crippen molar-refractivity contribution < 1.29 is 4.21 Å². The molecule has 0 aromatic carbocycles. The Morgan fingerprint density at radius 2 is 1.81 bits per heavy atom. The van der Waals surface area contributed by atoms with E-state index in [4.69, 9.17) is 0 Å². The largest absolute Gasteiger partial charge is 0.311 e.